The van der Waals surface area contributed by atoms with Crippen molar-refractivity contribution in [3.63, 3.8) is 0 Å². The predicted molar refractivity (Wildman–Crippen MR) is 102 cm³/mol. The molecule has 0 bridgehead atoms. The molecule has 150 valence electrons. The smallest absolute Gasteiger partial charge is 0.308 e. The molecule has 5 nitrogen and oxygen atoms in total. The van der Waals surface area contributed by atoms with Crippen molar-refractivity contribution in [3.05, 3.63) is 74.0 Å². The molecule has 0 saturated carbocycles. The number of para-hydroxylation sites is 1. The molecular formula is C20H15F3N2O3S. The first kappa shape index (κ1) is 19.3. The summed E-state index contributed by atoms with van der Waals surface area (Å²) < 4.78 is 47.7. The summed E-state index contributed by atoms with van der Waals surface area (Å²) in [6.07, 6.45) is -0.0477. The lowest BCUT2D eigenvalue weighted by Gasteiger charge is -2.32. The molecule has 4 rings (SSSR count). The molecule has 0 spiro atoms. The number of methoxy groups -OCH3 is 1. The molecule has 1 atom stereocenters. The van der Waals surface area contributed by atoms with Crippen molar-refractivity contribution in [1.82, 2.24) is 4.57 Å². The average Bonchev–Trinajstić information content (AvgIpc) is 3.00. The Balaban J connectivity index is 1.93. The van der Waals surface area contributed by atoms with E-state index in [1.54, 1.807) is 24.3 Å². The SMILES string of the molecule is COc1ccccc1C1CC(=O)N(c2cc(F)c(F)c(F)c2)c2c1sc(=O)n2C. The maximum Gasteiger partial charge on any atom is 0.308 e. The second kappa shape index (κ2) is 7.07. The number of halogens is 3. The Morgan fingerprint density at radius 3 is 2.41 bits per heavy atom. The standard InChI is InChI=1S/C20H15F3N2O3S/c1-24-19-18(29-20(24)27)12(11-5-3-4-6-15(11)28-2)9-16(26)25(19)10-7-13(21)17(23)14(22)8-10/h3-8,12H,9H2,1-2H3. The number of benzene rings is 2. The molecule has 0 aliphatic carbocycles. The van der Waals surface area contributed by atoms with Gasteiger partial charge in [0.05, 0.1) is 17.7 Å². The van der Waals surface area contributed by atoms with E-state index in [1.165, 1.54) is 18.7 Å². The van der Waals surface area contributed by atoms with Crippen LogP contribution in [0.1, 0.15) is 22.8 Å². The van der Waals surface area contributed by atoms with Crippen molar-refractivity contribution in [2.24, 2.45) is 7.05 Å². The number of carbonyl (C=O) groups excluding carboxylic acids is 1. The number of fused-ring (bicyclic) bond motifs is 1. The van der Waals surface area contributed by atoms with Crippen LogP contribution in [0.2, 0.25) is 0 Å². The molecule has 2 aromatic carbocycles. The largest absolute Gasteiger partial charge is 0.496 e. The fraction of sp³-hybridized carbons (Fsp3) is 0.200. The summed E-state index contributed by atoms with van der Waals surface area (Å²) in [5.74, 6) is -4.62. The van der Waals surface area contributed by atoms with Crippen LogP contribution >= 0.6 is 11.3 Å². The molecule has 0 fully saturated rings. The predicted octanol–water partition coefficient (Wildman–Crippen LogP) is 4.07. The second-order valence-corrected chi connectivity index (χ2v) is 7.56. The van der Waals surface area contributed by atoms with Gasteiger partial charge in [-0.05, 0) is 6.07 Å². The van der Waals surface area contributed by atoms with Gasteiger partial charge in [0, 0.05) is 37.1 Å². The minimum absolute atomic E-state index is 0.0477. The Morgan fingerprint density at radius 2 is 1.76 bits per heavy atom. The third-order valence-electron chi connectivity index (χ3n) is 4.91. The molecule has 2 heterocycles. The lowest BCUT2D eigenvalue weighted by atomic mass is 9.89. The van der Waals surface area contributed by atoms with Crippen molar-refractivity contribution in [1.29, 1.82) is 0 Å². The van der Waals surface area contributed by atoms with Gasteiger partial charge in [-0.1, -0.05) is 29.5 Å². The third kappa shape index (κ3) is 3.02. The molecule has 1 aliphatic rings. The van der Waals surface area contributed by atoms with Gasteiger partial charge < -0.3 is 4.74 Å². The number of amides is 1. The van der Waals surface area contributed by atoms with Crippen LogP contribution in [-0.2, 0) is 11.8 Å². The summed E-state index contributed by atoms with van der Waals surface area (Å²) >= 11 is 0.947. The van der Waals surface area contributed by atoms with Crippen LogP contribution < -0.4 is 14.5 Å². The van der Waals surface area contributed by atoms with Crippen molar-refractivity contribution < 1.29 is 22.7 Å². The van der Waals surface area contributed by atoms with Crippen LogP contribution in [0.3, 0.4) is 0 Å². The summed E-state index contributed by atoms with van der Waals surface area (Å²) in [5.41, 5.74) is 0.544. The fourth-order valence-corrected chi connectivity index (χ4v) is 4.65. The van der Waals surface area contributed by atoms with Crippen LogP contribution in [-0.4, -0.2) is 17.6 Å². The minimum Gasteiger partial charge on any atom is -0.496 e. The first-order chi connectivity index (χ1) is 13.8. The summed E-state index contributed by atoms with van der Waals surface area (Å²) in [4.78, 5) is 26.7. The van der Waals surface area contributed by atoms with Gasteiger partial charge in [0.1, 0.15) is 11.6 Å². The van der Waals surface area contributed by atoms with Crippen molar-refractivity contribution >= 4 is 28.7 Å². The third-order valence-corrected chi connectivity index (χ3v) is 6.04. The fourth-order valence-electron chi connectivity index (χ4n) is 3.57. The average molecular weight is 420 g/mol. The maximum absolute atomic E-state index is 13.8. The van der Waals surface area contributed by atoms with E-state index in [0.29, 0.717) is 10.6 Å². The minimum atomic E-state index is -1.62. The molecule has 0 saturated heterocycles. The Kier molecular flexibility index (Phi) is 4.70. The number of hydrogen-bond acceptors (Lipinski definition) is 4. The highest BCUT2D eigenvalue weighted by molar-refractivity contribution is 7.10. The van der Waals surface area contributed by atoms with E-state index in [2.05, 4.69) is 0 Å². The van der Waals surface area contributed by atoms with Gasteiger partial charge in [0.2, 0.25) is 5.91 Å². The molecule has 1 aromatic heterocycles. The highest BCUT2D eigenvalue weighted by atomic mass is 32.1. The zero-order valence-corrected chi connectivity index (χ0v) is 16.2. The number of ether oxygens (including phenoxy) is 1. The van der Waals surface area contributed by atoms with Gasteiger partial charge in [-0.25, -0.2) is 13.2 Å². The van der Waals surface area contributed by atoms with Crippen LogP contribution in [0.25, 0.3) is 0 Å². The molecule has 1 aliphatic heterocycles. The van der Waals surface area contributed by atoms with E-state index in [4.69, 9.17) is 4.74 Å². The lowest BCUT2D eigenvalue weighted by Crippen LogP contribution is -2.35. The quantitative estimate of drug-likeness (QED) is 0.601. The van der Waals surface area contributed by atoms with Crippen molar-refractivity contribution in [2.45, 2.75) is 12.3 Å². The Bertz CT molecular complexity index is 1160. The van der Waals surface area contributed by atoms with Gasteiger partial charge >= 0.3 is 4.87 Å². The number of rotatable bonds is 3. The van der Waals surface area contributed by atoms with Gasteiger partial charge in [0.15, 0.2) is 17.5 Å². The molecule has 9 heteroatoms. The number of thiazole rings is 1. The Labute approximate surface area is 167 Å². The highest BCUT2D eigenvalue weighted by Crippen LogP contribution is 2.46. The van der Waals surface area contributed by atoms with Gasteiger partial charge in [-0.3, -0.25) is 19.1 Å². The van der Waals surface area contributed by atoms with Crippen molar-refractivity contribution in [3.8, 4) is 5.75 Å². The monoisotopic (exact) mass is 420 g/mol. The zero-order chi connectivity index (χ0) is 20.9. The second-order valence-electron chi connectivity index (χ2n) is 6.57. The van der Waals surface area contributed by atoms with E-state index < -0.39 is 29.3 Å². The van der Waals surface area contributed by atoms with E-state index in [0.717, 1.165) is 33.9 Å². The maximum atomic E-state index is 13.8. The van der Waals surface area contributed by atoms with E-state index in [1.807, 2.05) is 0 Å². The first-order valence-electron chi connectivity index (χ1n) is 8.63. The number of carbonyl (C=O) groups is 1. The molecular weight excluding hydrogens is 405 g/mol. The van der Waals surface area contributed by atoms with Crippen LogP contribution in [0.4, 0.5) is 24.7 Å². The highest BCUT2D eigenvalue weighted by Gasteiger charge is 2.38. The topological polar surface area (TPSA) is 51.5 Å². The number of aromatic nitrogens is 1. The van der Waals surface area contributed by atoms with Gasteiger partial charge in [0.25, 0.3) is 0 Å². The molecule has 1 amide bonds. The number of anilines is 2. The van der Waals surface area contributed by atoms with Gasteiger partial charge in [-0.15, -0.1) is 0 Å². The molecule has 0 N–H and O–H groups in total. The molecule has 29 heavy (non-hydrogen) atoms. The van der Waals surface area contributed by atoms with Crippen LogP contribution in [0.15, 0.2) is 41.2 Å². The van der Waals surface area contributed by atoms with Crippen LogP contribution in [0.5, 0.6) is 5.75 Å². The summed E-state index contributed by atoms with van der Waals surface area (Å²) in [6, 6.07) is 8.62. The normalized spacial score (nSPS) is 16.1. The zero-order valence-electron chi connectivity index (χ0n) is 15.4. The molecule has 3 aromatic rings. The summed E-state index contributed by atoms with van der Waals surface area (Å²) in [6.45, 7) is 0. The Morgan fingerprint density at radius 1 is 1.10 bits per heavy atom. The Hall–Kier alpha value is -3.07. The van der Waals surface area contributed by atoms with Crippen LogP contribution in [0, 0.1) is 17.5 Å². The first-order valence-corrected chi connectivity index (χ1v) is 9.45. The van der Waals surface area contributed by atoms with E-state index in [-0.39, 0.29) is 22.8 Å². The van der Waals surface area contributed by atoms with E-state index >= 15 is 0 Å². The van der Waals surface area contributed by atoms with E-state index in [9.17, 15) is 22.8 Å². The molecule has 0 radical (unpaired) electrons. The lowest BCUT2D eigenvalue weighted by molar-refractivity contribution is -0.118. The number of nitrogens with zero attached hydrogens (tertiary/aromatic N) is 2. The molecule has 1 unspecified atom stereocenters. The van der Waals surface area contributed by atoms with Crippen molar-refractivity contribution in [2.75, 3.05) is 12.0 Å². The summed E-state index contributed by atoms with van der Waals surface area (Å²) in [5, 5.41) is 0. The summed E-state index contributed by atoms with van der Waals surface area (Å²) in [7, 11) is 2.98. The number of hydrogen-bond donors (Lipinski definition) is 0. The van der Waals surface area contributed by atoms with Gasteiger partial charge in [-0.2, -0.15) is 0 Å².